The van der Waals surface area contributed by atoms with Crippen molar-refractivity contribution in [2.24, 2.45) is 0 Å². The monoisotopic (exact) mass is 293 g/mol. The second kappa shape index (κ2) is 4.98. The molecule has 1 aliphatic rings. The van der Waals surface area contributed by atoms with Gasteiger partial charge in [0.25, 0.3) is 0 Å². The summed E-state index contributed by atoms with van der Waals surface area (Å²) >= 11 is 0. The number of anilines is 1. The van der Waals surface area contributed by atoms with Crippen molar-refractivity contribution in [3.63, 3.8) is 0 Å². The Morgan fingerprint density at radius 3 is 2.48 bits per heavy atom. The van der Waals surface area contributed by atoms with Crippen LogP contribution in [0.1, 0.15) is 22.7 Å². The van der Waals surface area contributed by atoms with Crippen LogP contribution in [-0.4, -0.2) is 6.36 Å². The quantitative estimate of drug-likeness (QED) is 0.873. The molecule has 110 valence electrons. The molecule has 1 aliphatic heterocycles. The standard InChI is InChI=1S/C16H14F3NO/c1-10-2-3-12-9-15(20-14(12)8-10)11-4-6-13(7-5-11)21-16(17,18)19/h2-8,15,20H,9H2,1H3. The molecule has 3 rings (SSSR count). The molecule has 1 N–H and O–H groups in total. The van der Waals surface area contributed by atoms with E-state index in [1.807, 2.05) is 6.92 Å². The summed E-state index contributed by atoms with van der Waals surface area (Å²) in [6, 6.07) is 12.3. The average Bonchev–Trinajstić information content (AvgIpc) is 2.80. The van der Waals surface area contributed by atoms with Crippen LogP contribution in [0, 0.1) is 6.92 Å². The van der Waals surface area contributed by atoms with E-state index in [0.29, 0.717) is 0 Å². The highest BCUT2D eigenvalue weighted by molar-refractivity contribution is 5.59. The lowest BCUT2D eigenvalue weighted by Gasteiger charge is -2.13. The molecule has 2 aromatic carbocycles. The Morgan fingerprint density at radius 2 is 1.81 bits per heavy atom. The molecule has 0 saturated carbocycles. The summed E-state index contributed by atoms with van der Waals surface area (Å²) in [5.74, 6) is -0.197. The van der Waals surface area contributed by atoms with Gasteiger partial charge in [0.1, 0.15) is 5.75 Å². The van der Waals surface area contributed by atoms with Gasteiger partial charge in [-0.2, -0.15) is 0 Å². The molecule has 0 radical (unpaired) electrons. The van der Waals surface area contributed by atoms with Gasteiger partial charge in [0.05, 0.1) is 6.04 Å². The normalized spacial score (nSPS) is 17.2. The Bertz CT molecular complexity index is 650. The molecule has 0 aromatic heterocycles. The van der Waals surface area contributed by atoms with Crippen LogP contribution < -0.4 is 10.1 Å². The van der Waals surface area contributed by atoms with Crippen molar-refractivity contribution in [2.75, 3.05) is 5.32 Å². The van der Waals surface area contributed by atoms with Gasteiger partial charge in [0, 0.05) is 5.69 Å². The van der Waals surface area contributed by atoms with Crippen LogP contribution in [0.3, 0.4) is 0 Å². The molecule has 2 aromatic rings. The maximum absolute atomic E-state index is 12.1. The third kappa shape index (κ3) is 3.12. The first-order valence-electron chi connectivity index (χ1n) is 6.62. The Balaban J connectivity index is 1.75. The molecule has 1 unspecified atom stereocenters. The lowest BCUT2D eigenvalue weighted by molar-refractivity contribution is -0.274. The lowest BCUT2D eigenvalue weighted by Crippen LogP contribution is -2.17. The number of hydrogen-bond acceptors (Lipinski definition) is 2. The number of alkyl halides is 3. The maximum Gasteiger partial charge on any atom is 0.573 e. The number of aryl methyl sites for hydroxylation is 1. The first-order valence-corrected chi connectivity index (χ1v) is 6.62. The minimum Gasteiger partial charge on any atom is -0.406 e. The summed E-state index contributed by atoms with van der Waals surface area (Å²) in [6.07, 6.45) is -3.82. The van der Waals surface area contributed by atoms with E-state index >= 15 is 0 Å². The van der Waals surface area contributed by atoms with E-state index in [9.17, 15) is 13.2 Å². The first kappa shape index (κ1) is 13.8. The number of halogens is 3. The van der Waals surface area contributed by atoms with E-state index in [1.165, 1.54) is 23.3 Å². The van der Waals surface area contributed by atoms with Crippen molar-refractivity contribution >= 4 is 5.69 Å². The van der Waals surface area contributed by atoms with Crippen LogP contribution in [0.25, 0.3) is 0 Å². The molecule has 2 nitrogen and oxygen atoms in total. The van der Waals surface area contributed by atoms with Crippen LogP contribution in [0.5, 0.6) is 5.75 Å². The Morgan fingerprint density at radius 1 is 1.10 bits per heavy atom. The minimum absolute atomic E-state index is 0.0849. The second-order valence-electron chi connectivity index (χ2n) is 5.18. The largest absolute Gasteiger partial charge is 0.573 e. The summed E-state index contributed by atoms with van der Waals surface area (Å²) in [4.78, 5) is 0. The van der Waals surface area contributed by atoms with Crippen molar-refractivity contribution in [1.29, 1.82) is 0 Å². The van der Waals surface area contributed by atoms with Crippen molar-refractivity contribution in [2.45, 2.75) is 25.7 Å². The van der Waals surface area contributed by atoms with Crippen molar-refractivity contribution < 1.29 is 17.9 Å². The zero-order chi connectivity index (χ0) is 15.0. The third-order valence-electron chi connectivity index (χ3n) is 3.54. The van der Waals surface area contributed by atoms with Gasteiger partial charge >= 0.3 is 6.36 Å². The molecule has 0 amide bonds. The summed E-state index contributed by atoms with van der Waals surface area (Å²) < 4.78 is 40.3. The van der Waals surface area contributed by atoms with Gasteiger partial charge in [-0.05, 0) is 48.2 Å². The van der Waals surface area contributed by atoms with E-state index in [1.54, 1.807) is 12.1 Å². The van der Waals surface area contributed by atoms with Crippen molar-refractivity contribution in [3.8, 4) is 5.75 Å². The van der Waals surface area contributed by atoms with Crippen LogP contribution >= 0.6 is 0 Å². The number of nitrogens with one attached hydrogen (secondary N) is 1. The molecule has 5 heteroatoms. The van der Waals surface area contributed by atoms with Crippen LogP contribution in [0.15, 0.2) is 42.5 Å². The van der Waals surface area contributed by atoms with Gasteiger partial charge < -0.3 is 10.1 Å². The van der Waals surface area contributed by atoms with Crippen LogP contribution in [0.4, 0.5) is 18.9 Å². The predicted molar refractivity (Wildman–Crippen MR) is 74.4 cm³/mol. The summed E-state index contributed by atoms with van der Waals surface area (Å²) in [5, 5.41) is 3.40. The molecule has 0 aliphatic carbocycles. The third-order valence-corrected chi connectivity index (χ3v) is 3.54. The van der Waals surface area contributed by atoms with E-state index in [0.717, 1.165) is 17.7 Å². The molecule has 1 heterocycles. The molecule has 1 atom stereocenters. The Kier molecular flexibility index (Phi) is 3.27. The van der Waals surface area contributed by atoms with E-state index < -0.39 is 6.36 Å². The SMILES string of the molecule is Cc1ccc2c(c1)NC(c1ccc(OC(F)(F)F)cc1)C2. The number of benzene rings is 2. The minimum atomic E-state index is -4.65. The van der Waals surface area contributed by atoms with Crippen LogP contribution in [0.2, 0.25) is 0 Å². The van der Waals surface area contributed by atoms with Gasteiger partial charge in [-0.25, -0.2) is 0 Å². The highest BCUT2D eigenvalue weighted by Gasteiger charge is 2.31. The predicted octanol–water partition coefficient (Wildman–Crippen LogP) is 4.60. The average molecular weight is 293 g/mol. The van der Waals surface area contributed by atoms with Gasteiger partial charge in [-0.1, -0.05) is 24.3 Å². The van der Waals surface area contributed by atoms with Crippen molar-refractivity contribution in [3.05, 3.63) is 59.2 Å². The second-order valence-corrected chi connectivity index (χ2v) is 5.18. The fourth-order valence-electron chi connectivity index (χ4n) is 2.56. The highest BCUT2D eigenvalue weighted by Crippen LogP contribution is 2.35. The molecule has 21 heavy (non-hydrogen) atoms. The molecule has 0 saturated heterocycles. The summed E-state index contributed by atoms with van der Waals surface area (Å²) in [5.41, 5.74) is 4.44. The van der Waals surface area contributed by atoms with Gasteiger partial charge in [0.2, 0.25) is 0 Å². The van der Waals surface area contributed by atoms with Crippen LogP contribution in [-0.2, 0) is 6.42 Å². The van der Waals surface area contributed by atoms with E-state index in [-0.39, 0.29) is 11.8 Å². The maximum atomic E-state index is 12.1. The van der Waals surface area contributed by atoms with Crippen molar-refractivity contribution in [1.82, 2.24) is 0 Å². The first-order chi connectivity index (χ1) is 9.90. The molecular weight excluding hydrogens is 279 g/mol. The molecular formula is C16H14F3NO. The summed E-state index contributed by atoms with van der Waals surface area (Å²) in [6.45, 7) is 2.03. The zero-order valence-electron chi connectivity index (χ0n) is 11.4. The number of ether oxygens (including phenoxy) is 1. The van der Waals surface area contributed by atoms with Gasteiger partial charge in [0.15, 0.2) is 0 Å². The molecule has 0 fully saturated rings. The molecule has 0 bridgehead atoms. The number of fused-ring (bicyclic) bond motifs is 1. The zero-order valence-corrected chi connectivity index (χ0v) is 11.4. The lowest BCUT2D eigenvalue weighted by atomic mass is 10.0. The summed E-state index contributed by atoms with van der Waals surface area (Å²) in [7, 11) is 0. The van der Waals surface area contributed by atoms with Gasteiger partial charge in [-0.3, -0.25) is 0 Å². The molecule has 0 spiro atoms. The number of rotatable bonds is 2. The Hall–Kier alpha value is -2.17. The highest BCUT2D eigenvalue weighted by atomic mass is 19.4. The fraction of sp³-hybridized carbons (Fsp3) is 0.250. The van der Waals surface area contributed by atoms with Gasteiger partial charge in [-0.15, -0.1) is 13.2 Å². The number of hydrogen-bond donors (Lipinski definition) is 1. The van der Waals surface area contributed by atoms with E-state index in [2.05, 4.69) is 28.3 Å². The Labute approximate surface area is 120 Å². The fourth-order valence-corrected chi connectivity index (χ4v) is 2.56. The smallest absolute Gasteiger partial charge is 0.406 e. The topological polar surface area (TPSA) is 21.3 Å². The van der Waals surface area contributed by atoms with E-state index in [4.69, 9.17) is 0 Å².